The number of halogens is 1. The van der Waals surface area contributed by atoms with Crippen LogP contribution >= 0.6 is 11.6 Å². The first-order chi connectivity index (χ1) is 16.9. The summed E-state index contributed by atoms with van der Waals surface area (Å²) >= 11 is 6.25. The number of benzene rings is 3. The molecule has 0 unspecified atom stereocenters. The maximum absolute atomic E-state index is 13.1. The molecule has 1 aliphatic rings. The van der Waals surface area contributed by atoms with Crippen molar-refractivity contribution >= 4 is 46.4 Å². The van der Waals surface area contributed by atoms with E-state index >= 15 is 0 Å². The molecule has 0 atom stereocenters. The first kappa shape index (κ1) is 24.2. The van der Waals surface area contributed by atoms with Crippen LogP contribution in [-0.2, 0) is 16.0 Å². The van der Waals surface area contributed by atoms with Crippen molar-refractivity contribution in [1.29, 1.82) is 0 Å². The molecule has 2 N–H and O–H groups in total. The molecule has 3 amide bonds. The van der Waals surface area contributed by atoms with E-state index in [9.17, 15) is 14.4 Å². The minimum atomic E-state index is -0.593. The Labute approximate surface area is 209 Å². The summed E-state index contributed by atoms with van der Waals surface area (Å²) < 4.78 is 0. The van der Waals surface area contributed by atoms with E-state index in [0.717, 1.165) is 29.7 Å². The SMILES string of the molecule is CCCCc1ccc(NC(=O)c2cccc(NC3=C(Cl)C(=O)N(c4ccccc4C)C3=O)c2)cc1. The lowest BCUT2D eigenvalue weighted by Gasteiger charge is -2.17. The number of carbonyl (C=O) groups is 3. The predicted octanol–water partition coefficient (Wildman–Crippen LogP) is 6.03. The second kappa shape index (κ2) is 10.6. The Morgan fingerprint density at radius 3 is 2.37 bits per heavy atom. The highest BCUT2D eigenvalue weighted by atomic mass is 35.5. The van der Waals surface area contributed by atoms with Crippen LogP contribution in [0.2, 0.25) is 0 Å². The molecule has 0 aromatic heterocycles. The number of aryl methyl sites for hydroxylation is 2. The summed E-state index contributed by atoms with van der Waals surface area (Å²) in [5.74, 6) is -1.43. The Bertz CT molecular complexity index is 1320. The van der Waals surface area contributed by atoms with E-state index in [1.165, 1.54) is 5.56 Å². The van der Waals surface area contributed by atoms with Gasteiger partial charge in [-0.25, -0.2) is 4.90 Å². The molecule has 35 heavy (non-hydrogen) atoms. The molecule has 178 valence electrons. The van der Waals surface area contributed by atoms with E-state index in [0.29, 0.717) is 22.6 Å². The molecule has 4 rings (SSSR count). The van der Waals surface area contributed by atoms with Crippen LogP contribution in [0.3, 0.4) is 0 Å². The van der Waals surface area contributed by atoms with E-state index in [2.05, 4.69) is 17.6 Å². The molecule has 3 aromatic rings. The van der Waals surface area contributed by atoms with Gasteiger partial charge < -0.3 is 10.6 Å². The number of hydrogen-bond acceptors (Lipinski definition) is 4. The molecule has 0 saturated heterocycles. The Balaban J connectivity index is 1.48. The highest BCUT2D eigenvalue weighted by Gasteiger charge is 2.39. The van der Waals surface area contributed by atoms with Gasteiger partial charge in [-0.05, 0) is 67.3 Å². The maximum atomic E-state index is 13.1. The van der Waals surface area contributed by atoms with E-state index in [-0.39, 0.29) is 16.6 Å². The topological polar surface area (TPSA) is 78.5 Å². The van der Waals surface area contributed by atoms with Gasteiger partial charge in [-0.3, -0.25) is 14.4 Å². The van der Waals surface area contributed by atoms with Crippen molar-refractivity contribution in [1.82, 2.24) is 0 Å². The largest absolute Gasteiger partial charge is 0.350 e. The quantitative estimate of drug-likeness (QED) is 0.380. The van der Waals surface area contributed by atoms with Crippen LogP contribution in [0, 0.1) is 6.92 Å². The highest BCUT2D eigenvalue weighted by molar-refractivity contribution is 6.53. The fourth-order valence-corrected chi connectivity index (χ4v) is 4.08. The zero-order chi connectivity index (χ0) is 24.9. The van der Waals surface area contributed by atoms with E-state index in [4.69, 9.17) is 11.6 Å². The molecule has 0 bridgehead atoms. The van der Waals surface area contributed by atoms with Crippen LogP contribution in [-0.4, -0.2) is 17.7 Å². The molecule has 0 saturated carbocycles. The van der Waals surface area contributed by atoms with E-state index in [1.807, 2.05) is 43.3 Å². The van der Waals surface area contributed by atoms with Crippen molar-refractivity contribution in [2.75, 3.05) is 15.5 Å². The fourth-order valence-electron chi connectivity index (χ4n) is 3.87. The van der Waals surface area contributed by atoms with Gasteiger partial charge in [0.25, 0.3) is 17.7 Å². The number of unbranched alkanes of at least 4 members (excludes halogenated alkanes) is 1. The van der Waals surface area contributed by atoms with Crippen molar-refractivity contribution in [3.8, 4) is 0 Å². The van der Waals surface area contributed by atoms with Gasteiger partial charge >= 0.3 is 0 Å². The monoisotopic (exact) mass is 487 g/mol. The molecular weight excluding hydrogens is 462 g/mol. The second-order valence-electron chi connectivity index (χ2n) is 8.38. The zero-order valence-corrected chi connectivity index (χ0v) is 20.4. The Morgan fingerprint density at radius 2 is 1.66 bits per heavy atom. The molecule has 3 aromatic carbocycles. The van der Waals surface area contributed by atoms with Crippen LogP contribution in [0.25, 0.3) is 0 Å². The molecule has 0 fully saturated rings. The van der Waals surface area contributed by atoms with Gasteiger partial charge in [-0.2, -0.15) is 0 Å². The average Bonchev–Trinajstić information content (AvgIpc) is 3.07. The molecule has 7 heteroatoms. The first-order valence-electron chi connectivity index (χ1n) is 11.5. The van der Waals surface area contributed by atoms with Crippen molar-refractivity contribution in [3.05, 3.63) is 100 Å². The molecule has 0 spiro atoms. The zero-order valence-electron chi connectivity index (χ0n) is 19.6. The van der Waals surface area contributed by atoms with Crippen LogP contribution < -0.4 is 15.5 Å². The fraction of sp³-hybridized carbons (Fsp3) is 0.179. The summed E-state index contributed by atoms with van der Waals surface area (Å²) in [7, 11) is 0. The van der Waals surface area contributed by atoms with Crippen molar-refractivity contribution in [2.45, 2.75) is 33.1 Å². The summed E-state index contributed by atoms with van der Waals surface area (Å²) in [5.41, 5.74) is 4.02. The lowest BCUT2D eigenvalue weighted by Crippen LogP contribution is -2.32. The number of rotatable bonds is 8. The molecule has 6 nitrogen and oxygen atoms in total. The number of amides is 3. The van der Waals surface area contributed by atoms with Gasteiger partial charge in [0.15, 0.2) is 0 Å². The van der Waals surface area contributed by atoms with Crippen molar-refractivity contribution in [2.24, 2.45) is 0 Å². The minimum Gasteiger partial charge on any atom is -0.350 e. The summed E-state index contributed by atoms with van der Waals surface area (Å²) in [5, 5.41) is 5.62. The molecular formula is C28H26ClN3O3. The average molecular weight is 488 g/mol. The first-order valence-corrected chi connectivity index (χ1v) is 11.9. The van der Waals surface area contributed by atoms with Gasteiger partial charge in [0.2, 0.25) is 0 Å². The number of carbonyl (C=O) groups excluding carboxylic acids is 3. The lowest BCUT2D eigenvalue weighted by atomic mass is 10.1. The third kappa shape index (κ3) is 5.28. The normalized spacial score (nSPS) is 13.4. The Morgan fingerprint density at radius 1 is 0.914 bits per heavy atom. The Kier molecular flexibility index (Phi) is 7.32. The standard InChI is InChI=1S/C28H26ClN3O3/c1-3-4-9-19-13-15-21(16-14-19)31-26(33)20-10-7-11-22(17-20)30-25-24(29)27(34)32(28(25)35)23-12-6-5-8-18(23)2/h5-8,10-17,30H,3-4,9H2,1-2H3,(H,31,33). The third-order valence-electron chi connectivity index (χ3n) is 5.81. The van der Waals surface area contributed by atoms with Crippen LogP contribution in [0.1, 0.15) is 41.3 Å². The second-order valence-corrected chi connectivity index (χ2v) is 8.76. The summed E-state index contributed by atoms with van der Waals surface area (Å²) in [4.78, 5) is 39.7. The number of nitrogens with zero attached hydrogens (tertiary/aromatic N) is 1. The van der Waals surface area contributed by atoms with Crippen molar-refractivity contribution < 1.29 is 14.4 Å². The van der Waals surface area contributed by atoms with Crippen molar-refractivity contribution in [3.63, 3.8) is 0 Å². The number of anilines is 3. The van der Waals surface area contributed by atoms with Gasteiger partial charge in [-0.15, -0.1) is 0 Å². The van der Waals surface area contributed by atoms with Crippen LogP contribution in [0.5, 0.6) is 0 Å². The number of imide groups is 1. The van der Waals surface area contributed by atoms with E-state index in [1.54, 1.807) is 36.4 Å². The molecule has 0 radical (unpaired) electrons. The highest BCUT2D eigenvalue weighted by Crippen LogP contribution is 2.32. The van der Waals surface area contributed by atoms with Gasteiger partial charge in [-0.1, -0.05) is 61.3 Å². The van der Waals surface area contributed by atoms with Crippen LogP contribution in [0.4, 0.5) is 17.1 Å². The summed E-state index contributed by atoms with van der Waals surface area (Å²) in [6.07, 6.45) is 3.27. The molecule has 0 aliphatic carbocycles. The number of nitrogens with one attached hydrogen (secondary N) is 2. The molecule has 1 aliphatic heterocycles. The van der Waals surface area contributed by atoms with Crippen LogP contribution in [0.15, 0.2) is 83.5 Å². The molecule has 1 heterocycles. The lowest BCUT2D eigenvalue weighted by molar-refractivity contribution is -0.120. The maximum Gasteiger partial charge on any atom is 0.283 e. The summed E-state index contributed by atoms with van der Waals surface area (Å²) in [6, 6.07) is 21.6. The minimum absolute atomic E-state index is 0.0276. The third-order valence-corrected chi connectivity index (χ3v) is 6.16. The Hall–Kier alpha value is -3.90. The van der Waals surface area contributed by atoms with Gasteiger partial charge in [0.1, 0.15) is 10.7 Å². The number of para-hydroxylation sites is 1. The summed E-state index contributed by atoms with van der Waals surface area (Å²) in [6.45, 7) is 3.97. The number of hydrogen-bond donors (Lipinski definition) is 2. The predicted molar refractivity (Wildman–Crippen MR) is 140 cm³/mol. The van der Waals surface area contributed by atoms with E-state index < -0.39 is 11.8 Å². The van der Waals surface area contributed by atoms with Gasteiger partial charge in [0, 0.05) is 16.9 Å². The smallest absolute Gasteiger partial charge is 0.283 e. The van der Waals surface area contributed by atoms with Gasteiger partial charge in [0.05, 0.1) is 5.69 Å².